The van der Waals surface area contributed by atoms with Crippen LogP contribution in [0.25, 0.3) is 0 Å². The molecule has 3 N–H and O–H groups in total. The van der Waals surface area contributed by atoms with Crippen molar-refractivity contribution in [3.63, 3.8) is 0 Å². The number of anilines is 3. The van der Waals surface area contributed by atoms with Crippen molar-refractivity contribution in [1.82, 2.24) is 9.88 Å². The topological polar surface area (TPSA) is 87.6 Å². The second-order valence-corrected chi connectivity index (χ2v) is 12.1. The maximum atomic E-state index is 13.1. The fraction of sp³-hybridized carbons (Fsp3) is 0.367. The Bertz CT molecular complexity index is 1540. The maximum absolute atomic E-state index is 13.1. The Balaban J connectivity index is 1.26. The van der Waals surface area contributed by atoms with E-state index in [0.29, 0.717) is 51.1 Å². The molecular weight excluding hydrogens is 581 g/mol. The predicted octanol–water partition coefficient (Wildman–Crippen LogP) is 5.50. The summed E-state index contributed by atoms with van der Waals surface area (Å²) >= 11 is 18.1. The third-order valence-electron chi connectivity index (χ3n) is 8.02. The van der Waals surface area contributed by atoms with Gasteiger partial charge in [-0.3, -0.25) is 9.59 Å². The number of thiocarbonyl (C=S) groups is 1. The number of piperidine rings is 1. The molecule has 0 aliphatic carbocycles. The van der Waals surface area contributed by atoms with Crippen LogP contribution in [0.3, 0.4) is 0 Å². The summed E-state index contributed by atoms with van der Waals surface area (Å²) in [6.45, 7) is 3.46. The number of fused-ring (bicyclic) bond motifs is 4. The van der Waals surface area contributed by atoms with Gasteiger partial charge < -0.3 is 30.2 Å². The Hall–Kier alpha value is -3.11. The average molecular weight is 613 g/mol. The van der Waals surface area contributed by atoms with Crippen LogP contribution in [0.1, 0.15) is 41.2 Å². The second kappa shape index (κ2) is 12.0. The van der Waals surface area contributed by atoms with Gasteiger partial charge in [0.15, 0.2) is 5.11 Å². The van der Waals surface area contributed by atoms with Crippen LogP contribution in [0.15, 0.2) is 59.4 Å². The number of ether oxygens (including phenoxy) is 1. The van der Waals surface area contributed by atoms with Crippen LogP contribution < -0.4 is 26.4 Å². The zero-order valence-corrected chi connectivity index (χ0v) is 24.7. The number of nitrogens with zero attached hydrogens (tertiary/aromatic N) is 2. The molecule has 0 radical (unpaired) electrons. The number of pyridine rings is 1. The van der Waals surface area contributed by atoms with Crippen LogP contribution in [0, 0.1) is 5.92 Å². The summed E-state index contributed by atoms with van der Waals surface area (Å²) in [5, 5.41) is 10.8. The van der Waals surface area contributed by atoms with Crippen molar-refractivity contribution in [2.75, 3.05) is 41.8 Å². The zero-order valence-electron chi connectivity index (χ0n) is 22.4. The number of rotatable bonds is 6. The van der Waals surface area contributed by atoms with Gasteiger partial charge in [-0.25, -0.2) is 0 Å². The first-order valence-electron chi connectivity index (χ1n) is 13.9. The molecule has 0 saturated carbocycles. The van der Waals surface area contributed by atoms with E-state index in [1.54, 1.807) is 24.3 Å². The van der Waals surface area contributed by atoms with Gasteiger partial charge in [0.05, 0.1) is 28.2 Å². The van der Waals surface area contributed by atoms with Gasteiger partial charge in [0, 0.05) is 61.1 Å². The Morgan fingerprint density at radius 3 is 2.68 bits per heavy atom. The zero-order chi connectivity index (χ0) is 28.5. The molecule has 3 aromatic rings. The summed E-state index contributed by atoms with van der Waals surface area (Å²) in [5.74, 6) is 0.400. The summed E-state index contributed by atoms with van der Waals surface area (Å²) in [6, 6.07) is 16.3. The van der Waals surface area contributed by atoms with Gasteiger partial charge in [0.2, 0.25) is 0 Å². The van der Waals surface area contributed by atoms with E-state index in [1.165, 1.54) is 0 Å². The molecule has 2 bridgehead atoms. The highest BCUT2D eigenvalue weighted by atomic mass is 35.5. The van der Waals surface area contributed by atoms with E-state index in [-0.39, 0.29) is 23.5 Å². The first-order valence-corrected chi connectivity index (χ1v) is 15.0. The number of hydrogen-bond acceptors (Lipinski definition) is 5. The van der Waals surface area contributed by atoms with E-state index in [0.717, 1.165) is 50.3 Å². The van der Waals surface area contributed by atoms with Gasteiger partial charge in [-0.05, 0) is 79.9 Å². The first kappa shape index (κ1) is 28.0. The summed E-state index contributed by atoms with van der Waals surface area (Å²) < 4.78 is 7.58. The minimum Gasteiger partial charge on any atom is -0.376 e. The standard InChI is InChI=1S/C30H31Cl2N5O3S/c31-21-7-8-24(23(32)13-21)34-30(41)35-25-12-19(29(39)33-14-22-3-2-10-40-22)6-9-27(25)36-15-18-11-20(17-36)26-4-1-5-28(38)37(26)16-18/h1,4-9,12-13,18,20,22H,2-3,10-11,14-17H2,(H,33,39)(H2,34,35,41)/t18-,20+,22+/m1/s1. The van der Waals surface area contributed by atoms with Gasteiger partial charge in [0.1, 0.15) is 0 Å². The summed E-state index contributed by atoms with van der Waals surface area (Å²) in [5.41, 5.74) is 3.93. The maximum Gasteiger partial charge on any atom is 0.251 e. The number of hydrogen-bond donors (Lipinski definition) is 3. The fourth-order valence-corrected chi connectivity index (χ4v) is 6.80. The lowest BCUT2D eigenvalue weighted by Gasteiger charge is -2.44. The molecule has 4 heterocycles. The first-order chi connectivity index (χ1) is 19.8. The number of amides is 1. The van der Waals surface area contributed by atoms with Crippen LogP contribution in [-0.4, -0.2) is 47.9 Å². The number of carbonyl (C=O) groups is 1. The number of benzene rings is 2. The monoisotopic (exact) mass is 611 g/mol. The molecule has 214 valence electrons. The van der Waals surface area contributed by atoms with E-state index in [4.69, 9.17) is 40.2 Å². The van der Waals surface area contributed by atoms with Crippen molar-refractivity contribution in [2.45, 2.75) is 37.8 Å². The van der Waals surface area contributed by atoms with Crippen molar-refractivity contribution in [3.8, 4) is 0 Å². The molecule has 3 aliphatic heterocycles. The third-order valence-corrected chi connectivity index (χ3v) is 8.77. The molecule has 0 unspecified atom stereocenters. The fourth-order valence-electron chi connectivity index (χ4n) is 6.13. The lowest BCUT2D eigenvalue weighted by molar-refractivity contribution is 0.0858. The molecule has 2 aromatic carbocycles. The minimum absolute atomic E-state index is 0.0554. The molecule has 2 saturated heterocycles. The molecule has 1 amide bonds. The van der Waals surface area contributed by atoms with Crippen molar-refractivity contribution < 1.29 is 9.53 Å². The highest BCUT2D eigenvalue weighted by Gasteiger charge is 2.35. The van der Waals surface area contributed by atoms with E-state index in [1.807, 2.05) is 28.8 Å². The van der Waals surface area contributed by atoms with Gasteiger partial charge in [-0.1, -0.05) is 29.3 Å². The number of nitrogens with one attached hydrogen (secondary N) is 3. The molecule has 6 rings (SSSR count). The van der Waals surface area contributed by atoms with Crippen LogP contribution in [0.2, 0.25) is 10.0 Å². The number of carbonyl (C=O) groups excluding carboxylic acids is 1. The predicted molar refractivity (Wildman–Crippen MR) is 168 cm³/mol. The van der Waals surface area contributed by atoms with E-state index < -0.39 is 0 Å². The van der Waals surface area contributed by atoms with Gasteiger partial charge in [-0.2, -0.15) is 0 Å². The Morgan fingerprint density at radius 2 is 1.88 bits per heavy atom. The molecule has 3 aliphatic rings. The summed E-state index contributed by atoms with van der Waals surface area (Å²) in [6.07, 6.45) is 3.06. The lowest BCUT2D eigenvalue weighted by atomic mass is 9.83. The van der Waals surface area contributed by atoms with Crippen LogP contribution in [0.5, 0.6) is 0 Å². The number of halogens is 2. The smallest absolute Gasteiger partial charge is 0.251 e. The minimum atomic E-state index is -0.168. The molecule has 41 heavy (non-hydrogen) atoms. The SMILES string of the molecule is O=C(NC[C@@H]1CCCO1)c1ccc(N2C[C@H]3C[C@@H](C2)c2cccc(=O)n2C3)c(NC(=S)Nc2ccc(Cl)cc2Cl)c1. The summed E-state index contributed by atoms with van der Waals surface area (Å²) in [7, 11) is 0. The van der Waals surface area contributed by atoms with E-state index >= 15 is 0 Å². The average Bonchev–Trinajstić information content (AvgIpc) is 3.48. The quantitative estimate of drug-likeness (QED) is 0.317. The lowest BCUT2D eigenvalue weighted by Crippen LogP contribution is -2.47. The van der Waals surface area contributed by atoms with E-state index in [2.05, 4.69) is 26.9 Å². The molecule has 0 spiro atoms. The Kier molecular flexibility index (Phi) is 8.21. The summed E-state index contributed by atoms with van der Waals surface area (Å²) in [4.78, 5) is 27.9. The second-order valence-electron chi connectivity index (χ2n) is 10.9. The molecular formula is C30H31Cl2N5O3S. The van der Waals surface area contributed by atoms with Crippen molar-refractivity contribution in [3.05, 3.63) is 86.3 Å². The molecule has 2 fully saturated rings. The van der Waals surface area contributed by atoms with Crippen molar-refractivity contribution >= 4 is 63.5 Å². The van der Waals surface area contributed by atoms with E-state index in [9.17, 15) is 9.59 Å². The van der Waals surface area contributed by atoms with Crippen LogP contribution in [0.4, 0.5) is 17.1 Å². The highest BCUT2D eigenvalue weighted by molar-refractivity contribution is 7.80. The van der Waals surface area contributed by atoms with Gasteiger partial charge in [0.25, 0.3) is 11.5 Å². The van der Waals surface area contributed by atoms with Gasteiger partial charge in [-0.15, -0.1) is 0 Å². The largest absolute Gasteiger partial charge is 0.376 e. The normalized spacial score (nSPS) is 21.2. The van der Waals surface area contributed by atoms with Crippen molar-refractivity contribution in [2.24, 2.45) is 5.92 Å². The van der Waals surface area contributed by atoms with Crippen LogP contribution in [-0.2, 0) is 11.3 Å². The highest BCUT2D eigenvalue weighted by Crippen LogP contribution is 2.39. The Morgan fingerprint density at radius 1 is 1.02 bits per heavy atom. The molecule has 3 atom stereocenters. The molecule has 11 heteroatoms. The number of aromatic nitrogens is 1. The molecule has 1 aromatic heterocycles. The van der Waals surface area contributed by atoms with Crippen LogP contribution >= 0.6 is 35.4 Å². The van der Waals surface area contributed by atoms with Crippen molar-refractivity contribution in [1.29, 1.82) is 0 Å². The third kappa shape index (κ3) is 6.23. The van der Waals surface area contributed by atoms with Gasteiger partial charge >= 0.3 is 0 Å². The Labute approximate surface area is 254 Å². The molecule has 8 nitrogen and oxygen atoms in total.